The third-order valence-electron chi connectivity index (χ3n) is 3.69. The first-order valence-electron chi connectivity index (χ1n) is 7.66. The van der Waals surface area contributed by atoms with E-state index in [-0.39, 0.29) is 18.4 Å². The van der Waals surface area contributed by atoms with E-state index in [0.717, 1.165) is 11.1 Å². The Morgan fingerprint density at radius 1 is 1.20 bits per heavy atom. The second-order valence-electron chi connectivity index (χ2n) is 5.75. The maximum atomic E-state index is 12.4. The summed E-state index contributed by atoms with van der Waals surface area (Å²) in [7, 11) is 0. The van der Waals surface area contributed by atoms with E-state index in [4.69, 9.17) is 16.9 Å². The molecule has 0 aliphatic rings. The Kier molecular flexibility index (Phi) is 5.79. The lowest BCUT2D eigenvalue weighted by Crippen LogP contribution is -2.36. The lowest BCUT2D eigenvalue weighted by molar-refractivity contribution is -0.120. The standard InChI is InChI=1S/C19H18ClN3O2/c1-12-8-13(2)19(17(20)9-12)22-18(25)11-23(14(3)24)16-6-4-15(10-21)5-7-16/h4-9H,11H2,1-3H3,(H,22,25). The number of hydrogen-bond acceptors (Lipinski definition) is 3. The van der Waals surface area contributed by atoms with Gasteiger partial charge in [-0.15, -0.1) is 0 Å². The van der Waals surface area contributed by atoms with Crippen LogP contribution in [0.5, 0.6) is 0 Å². The molecular formula is C19H18ClN3O2. The number of benzene rings is 2. The summed E-state index contributed by atoms with van der Waals surface area (Å²) in [5, 5.41) is 12.1. The topological polar surface area (TPSA) is 73.2 Å². The Bertz CT molecular complexity index is 831. The first-order chi connectivity index (χ1) is 11.8. The molecule has 0 spiro atoms. The fourth-order valence-electron chi connectivity index (χ4n) is 2.50. The Hall–Kier alpha value is -2.84. The number of amides is 2. The van der Waals surface area contributed by atoms with Crippen molar-refractivity contribution < 1.29 is 9.59 Å². The summed E-state index contributed by atoms with van der Waals surface area (Å²) in [6.07, 6.45) is 0. The van der Waals surface area contributed by atoms with Gasteiger partial charge in [0.2, 0.25) is 11.8 Å². The highest BCUT2D eigenvalue weighted by Gasteiger charge is 2.17. The van der Waals surface area contributed by atoms with Crippen LogP contribution in [-0.4, -0.2) is 18.4 Å². The largest absolute Gasteiger partial charge is 0.323 e. The SMILES string of the molecule is CC(=O)N(CC(=O)Nc1c(C)cc(C)cc1Cl)c1ccc(C#N)cc1. The van der Waals surface area contributed by atoms with Gasteiger partial charge >= 0.3 is 0 Å². The van der Waals surface area contributed by atoms with Crippen molar-refractivity contribution in [2.75, 3.05) is 16.8 Å². The van der Waals surface area contributed by atoms with Crippen LogP contribution in [0.1, 0.15) is 23.6 Å². The molecule has 2 amide bonds. The van der Waals surface area contributed by atoms with Crippen LogP contribution in [0.15, 0.2) is 36.4 Å². The lowest BCUT2D eigenvalue weighted by Gasteiger charge is -2.21. The molecule has 0 unspecified atom stereocenters. The van der Waals surface area contributed by atoms with Gasteiger partial charge in [-0.1, -0.05) is 17.7 Å². The minimum Gasteiger partial charge on any atom is -0.323 e. The number of aryl methyl sites for hydroxylation is 2. The molecule has 5 nitrogen and oxygen atoms in total. The molecule has 1 N–H and O–H groups in total. The number of carbonyl (C=O) groups excluding carboxylic acids is 2. The number of halogens is 1. The minimum absolute atomic E-state index is 0.148. The Balaban J connectivity index is 2.18. The van der Waals surface area contributed by atoms with Gasteiger partial charge in [-0.3, -0.25) is 9.59 Å². The van der Waals surface area contributed by atoms with Crippen molar-refractivity contribution in [1.29, 1.82) is 5.26 Å². The van der Waals surface area contributed by atoms with E-state index in [0.29, 0.717) is 22.0 Å². The molecule has 2 aromatic rings. The molecule has 0 fully saturated rings. The maximum absolute atomic E-state index is 12.4. The van der Waals surface area contributed by atoms with E-state index in [9.17, 15) is 9.59 Å². The molecule has 0 aliphatic heterocycles. The number of nitrogens with one attached hydrogen (secondary N) is 1. The number of nitrogens with zero attached hydrogens (tertiary/aromatic N) is 2. The smallest absolute Gasteiger partial charge is 0.244 e. The zero-order valence-electron chi connectivity index (χ0n) is 14.3. The normalized spacial score (nSPS) is 10.0. The summed E-state index contributed by atoms with van der Waals surface area (Å²) in [6.45, 7) is 5.02. The Labute approximate surface area is 151 Å². The van der Waals surface area contributed by atoms with Crippen LogP contribution in [0.2, 0.25) is 5.02 Å². The van der Waals surface area contributed by atoms with Crippen molar-refractivity contribution in [1.82, 2.24) is 0 Å². The molecular weight excluding hydrogens is 338 g/mol. The highest BCUT2D eigenvalue weighted by atomic mass is 35.5. The summed E-state index contributed by atoms with van der Waals surface area (Å²) in [5.41, 5.74) is 3.43. The fraction of sp³-hybridized carbons (Fsp3) is 0.211. The van der Waals surface area contributed by atoms with Gasteiger partial charge in [0.15, 0.2) is 0 Å². The summed E-state index contributed by atoms with van der Waals surface area (Å²) < 4.78 is 0. The quantitative estimate of drug-likeness (QED) is 0.906. The molecule has 0 atom stereocenters. The Morgan fingerprint density at radius 3 is 2.36 bits per heavy atom. The summed E-state index contributed by atoms with van der Waals surface area (Å²) in [6, 6.07) is 12.2. The van der Waals surface area contributed by atoms with Crippen LogP contribution in [0.3, 0.4) is 0 Å². The lowest BCUT2D eigenvalue weighted by atomic mass is 10.1. The molecule has 0 aliphatic carbocycles. The maximum Gasteiger partial charge on any atom is 0.244 e. The number of hydrogen-bond donors (Lipinski definition) is 1. The van der Waals surface area contributed by atoms with Crippen LogP contribution < -0.4 is 10.2 Å². The zero-order chi connectivity index (χ0) is 18.6. The van der Waals surface area contributed by atoms with Crippen LogP contribution in [0.4, 0.5) is 11.4 Å². The van der Waals surface area contributed by atoms with Gasteiger partial charge in [-0.05, 0) is 55.3 Å². The Morgan fingerprint density at radius 2 is 1.84 bits per heavy atom. The zero-order valence-corrected chi connectivity index (χ0v) is 15.0. The molecule has 0 bridgehead atoms. The van der Waals surface area contributed by atoms with Crippen molar-refractivity contribution in [2.24, 2.45) is 0 Å². The van der Waals surface area contributed by atoms with Crippen LogP contribution in [0.25, 0.3) is 0 Å². The van der Waals surface area contributed by atoms with E-state index in [1.807, 2.05) is 26.0 Å². The van der Waals surface area contributed by atoms with E-state index < -0.39 is 0 Å². The third-order valence-corrected chi connectivity index (χ3v) is 3.98. The van der Waals surface area contributed by atoms with E-state index in [1.165, 1.54) is 11.8 Å². The molecule has 2 aromatic carbocycles. The first kappa shape index (κ1) is 18.5. The third kappa shape index (κ3) is 4.59. The van der Waals surface area contributed by atoms with Crippen LogP contribution >= 0.6 is 11.6 Å². The van der Waals surface area contributed by atoms with Crippen molar-refractivity contribution in [3.05, 3.63) is 58.1 Å². The van der Waals surface area contributed by atoms with Gasteiger partial charge in [0.1, 0.15) is 6.54 Å². The van der Waals surface area contributed by atoms with Gasteiger partial charge < -0.3 is 10.2 Å². The van der Waals surface area contributed by atoms with Crippen LogP contribution in [-0.2, 0) is 9.59 Å². The average Bonchev–Trinajstić information content (AvgIpc) is 2.56. The first-order valence-corrected chi connectivity index (χ1v) is 8.04. The molecule has 0 radical (unpaired) electrons. The predicted octanol–water partition coefficient (Wildman–Crippen LogP) is 3.82. The molecule has 0 aromatic heterocycles. The summed E-state index contributed by atoms with van der Waals surface area (Å²) in [5.74, 6) is -0.625. The van der Waals surface area contributed by atoms with Crippen molar-refractivity contribution in [3.63, 3.8) is 0 Å². The summed E-state index contributed by atoms with van der Waals surface area (Å²) in [4.78, 5) is 25.7. The average molecular weight is 356 g/mol. The molecule has 0 saturated carbocycles. The highest BCUT2D eigenvalue weighted by Crippen LogP contribution is 2.27. The van der Waals surface area contributed by atoms with Gasteiger partial charge in [0, 0.05) is 12.6 Å². The van der Waals surface area contributed by atoms with Crippen molar-refractivity contribution in [3.8, 4) is 6.07 Å². The molecule has 6 heteroatoms. The van der Waals surface area contributed by atoms with Gasteiger partial charge in [0.05, 0.1) is 22.3 Å². The number of nitriles is 1. The molecule has 0 heterocycles. The molecule has 2 rings (SSSR count). The number of carbonyl (C=O) groups is 2. The summed E-state index contributed by atoms with van der Waals surface area (Å²) >= 11 is 6.20. The molecule has 25 heavy (non-hydrogen) atoms. The second-order valence-corrected chi connectivity index (χ2v) is 6.16. The van der Waals surface area contributed by atoms with E-state index in [2.05, 4.69) is 5.32 Å². The van der Waals surface area contributed by atoms with Crippen LogP contribution in [0, 0.1) is 25.2 Å². The second kappa shape index (κ2) is 7.82. The van der Waals surface area contributed by atoms with E-state index >= 15 is 0 Å². The van der Waals surface area contributed by atoms with Gasteiger partial charge in [-0.25, -0.2) is 0 Å². The minimum atomic E-state index is -0.353. The highest BCUT2D eigenvalue weighted by molar-refractivity contribution is 6.34. The fourth-order valence-corrected chi connectivity index (χ4v) is 2.87. The number of rotatable bonds is 4. The van der Waals surface area contributed by atoms with Crippen molar-refractivity contribution in [2.45, 2.75) is 20.8 Å². The van der Waals surface area contributed by atoms with E-state index in [1.54, 1.807) is 30.3 Å². The molecule has 0 saturated heterocycles. The number of anilines is 2. The monoisotopic (exact) mass is 355 g/mol. The molecule has 128 valence electrons. The van der Waals surface area contributed by atoms with Gasteiger partial charge in [-0.2, -0.15) is 5.26 Å². The van der Waals surface area contributed by atoms with Gasteiger partial charge in [0.25, 0.3) is 0 Å². The van der Waals surface area contributed by atoms with Crippen molar-refractivity contribution >= 4 is 34.8 Å². The predicted molar refractivity (Wildman–Crippen MR) is 98.7 cm³/mol.